The molecule has 0 spiro atoms. The van der Waals surface area contributed by atoms with Crippen LogP contribution in [0.4, 0.5) is 18.9 Å². The summed E-state index contributed by atoms with van der Waals surface area (Å²) in [5.41, 5.74) is -0.873. The standard InChI is InChI=1S/C21H18F3N3O3/c22-21(23,24)15-5-7-16(8-6-15)26-18(28)9-11-25-19(29)13-27-12-10-14-3-1-2-4-17(14)20(27)30/h1-8,10,12H,9,11,13H2,(H,25,29)(H,26,28). The fraction of sp³-hybridized carbons (Fsp3) is 0.190. The molecule has 6 nitrogen and oxygen atoms in total. The van der Waals surface area contributed by atoms with Crippen molar-refractivity contribution in [2.45, 2.75) is 19.1 Å². The zero-order valence-corrected chi connectivity index (χ0v) is 15.7. The topological polar surface area (TPSA) is 80.2 Å². The van der Waals surface area contributed by atoms with Gasteiger partial charge in [0.15, 0.2) is 0 Å². The van der Waals surface area contributed by atoms with Crippen molar-refractivity contribution >= 4 is 28.3 Å². The molecule has 9 heteroatoms. The van der Waals surface area contributed by atoms with Gasteiger partial charge in [0, 0.05) is 30.2 Å². The van der Waals surface area contributed by atoms with Gasteiger partial charge in [-0.25, -0.2) is 0 Å². The summed E-state index contributed by atoms with van der Waals surface area (Å²) in [5, 5.41) is 6.28. The van der Waals surface area contributed by atoms with Crippen molar-refractivity contribution in [3.63, 3.8) is 0 Å². The summed E-state index contributed by atoms with van der Waals surface area (Å²) in [4.78, 5) is 36.3. The Morgan fingerprint density at radius 2 is 1.63 bits per heavy atom. The van der Waals surface area contributed by atoms with Gasteiger partial charge in [0.05, 0.1) is 5.56 Å². The Morgan fingerprint density at radius 1 is 0.933 bits per heavy atom. The molecule has 3 rings (SSSR count). The van der Waals surface area contributed by atoms with Crippen LogP contribution in [0.5, 0.6) is 0 Å². The minimum Gasteiger partial charge on any atom is -0.354 e. The van der Waals surface area contributed by atoms with Gasteiger partial charge in [-0.15, -0.1) is 0 Å². The predicted molar refractivity (Wildman–Crippen MR) is 106 cm³/mol. The molecule has 0 saturated carbocycles. The van der Waals surface area contributed by atoms with Gasteiger partial charge >= 0.3 is 6.18 Å². The average Bonchev–Trinajstić information content (AvgIpc) is 2.70. The highest BCUT2D eigenvalue weighted by Gasteiger charge is 2.29. The quantitative estimate of drug-likeness (QED) is 0.647. The number of nitrogens with zero attached hydrogens (tertiary/aromatic N) is 1. The Morgan fingerprint density at radius 3 is 2.33 bits per heavy atom. The minimum atomic E-state index is -4.44. The molecule has 1 aromatic heterocycles. The summed E-state index contributed by atoms with van der Waals surface area (Å²) in [6, 6.07) is 12.8. The van der Waals surface area contributed by atoms with Gasteiger partial charge in [-0.3, -0.25) is 14.4 Å². The van der Waals surface area contributed by atoms with Crippen LogP contribution in [0.3, 0.4) is 0 Å². The number of alkyl halides is 3. The maximum absolute atomic E-state index is 12.5. The zero-order valence-electron chi connectivity index (χ0n) is 15.7. The number of fused-ring (bicyclic) bond motifs is 1. The van der Waals surface area contributed by atoms with Gasteiger partial charge in [0.25, 0.3) is 5.56 Å². The third kappa shape index (κ3) is 5.25. The van der Waals surface area contributed by atoms with E-state index in [1.165, 1.54) is 10.8 Å². The molecule has 3 aromatic rings. The first-order valence-corrected chi connectivity index (χ1v) is 9.06. The first-order valence-electron chi connectivity index (χ1n) is 9.06. The lowest BCUT2D eigenvalue weighted by Crippen LogP contribution is -2.33. The first kappa shape index (κ1) is 21.1. The van der Waals surface area contributed by atoms with Crippen molar-refractivity contribution in [2.75, 3.05) is 11.9 Å². The molecule has 0 bridgehead atoms. The molecule has 30 heavy (non-hydrogen) atoms. The number of pyridine rings is 1. The summed E-state index contributed by atoms with van der Waals surface area (Å²) >= 11 is 0. The van der Waals surface area contributed by atoms with E-state index in [1.54, 1.807) is 24.3 Å². The third-order valence-electron chi connectivity index (χ3n) is 4.37. The van der Waals surface area contributed by atoms with E-state index in [-0.39, 0.29) is 30.8 Å². The average molecular weight is 417 g/mol. The van der Waals surface area contributed by atoms with Crippen LogP contribution in [0.25, 0.3) is 10.8 Å². The Balaban J connectivity index is 1.48. The highest BCUT2D eigenvalue weighted by molar-refractivity contribution is 5.91. The van der Waals surface area contributed by atoms with Crippen LogP contribution in [0.1, 0.15) is 12.0 Å². The zero-order chi connectivity index (χ0) is 21.7. The second kappa shape index (κ2) is 8.81. The number of halogens is 3. The Kier molecular flexibility index (Phi) is 6.20. The largest absolute Gasteiger partial charge is 0.416 e. The number of carbonyl (C=O) groups is 2. The number of hydrogen-bond acceptors (Lipinski definition) is 3. The van der Waals surface area contributed by atoms with Crippen molar-refractivity contribution in [3.8, 4) is 0 Å². The van der Waals surface area contributed by atoms with E-state index < -0.39 is 23.6 Å². The van der Waals surface area contributed by atoms with Crippen molar-refractivity contribution < 1.29 is 22.8 Å². The van der Waals surface area contributed by atoms with Crippen LogP contribution in [-0.2, 0) is 22.3 Å². The van der Waals surface area contributed by atoms with E-state index in [9.17, 15) is 27.6 Å². The maximum atomic E-state index is 12.5. The number of nitrogens with one attached hydrogen (secondary N) is 2. The molecular weight excluding hydrogens is 399 g/mol. The maximum Gasteiger partial charge on any atom is 0.416 e. The minimum absolute atomic E-state index is 0.0215. The van der Waals surface area contributed by atoms with E-state index in [1.807, 2.05) is 6.07 Å². The molecule has 2 N–H and O–H groups in total. The number of hydrogen-bond donors (Lipinski definition) is 2. The van der Waals surface area contributed by atoms with E-state index >= 15 is 0 Å². The molecule has 0 aliphatic heterocycles. The summed E-state index contributed by atoms with van der Waals surface area (Å²) in [7, 11) is 0. The normalized spacial score (nSPS) is 11.3. The molecule has 0 unspecified atom stereocenters. The molecule has 0 atom stereocenters. The van der Waals surface area contributed by atoms with E-state index in [0.29, 0.717) is 5.39 Å². The fourth-order valence-electron chi connectivity index (χ4n) is 2.85. The molecule has 2 aromatic carbocycles. The summed E-state index contributed by atoms with van der Waals surface area (Å²) in [5.74, 6) is -0.896. The predicted octanol–water partition coefficient (Wildman–Crippen LogP) is 3.17. The molecule has 2 amide bonds. The lowest BCUT2D eigenvalue weighted by atomic mass is 10.2. The van der Waals surface area contributed by atoms with Gasteiger partial charge < -0.3 is 15.2 Å². The molecule has 0 saturated heterocycles. The lowest BCUT2D eigenvalue weighted by molar-refractivity contribution is -0.137. The lowest BCUT2D eigenvalue weighted by Gasteiger charge is -2.10. The Bertz CT molecular complexity index is 1120. The van der Waals surface area contributed by atoms with Crippen LogP contribution in [0, 0.1) is 0 Å². The van der Waals surface area contributed by atoms with Gasteiger partial charge in [-0.05, 0) is 41.8 Å². The first-order chi connectivity index (χ1) is 14.2. The van der Waals surface area contributed by atoms with E-state index in [0.717, 1.165) is 29.7 Å². The summed E-state index contributed by atoms with van der Waals surface area (Å²) in [6.45, 7) is -0.169. The molecule has 0 radical (unpaired) electrons. The van der Waals surface area contributed by atoms with Crippen molar-refractivity contribution in [3.05, 3.63) is 76.7 Å². The number of carbonyl (C=O) groups excluding carboxylic acids is 2. The number of benzene rings is 2. The van der Waals surface area contributed by atoms with Crippen LogP contribution < -0.4 is 16.2 Å². The van der Waals surface area contributed by atoms with Crippen molar-refractivity contribution in [1.82, 2.24) is 9.88 Å². The van der Waals surface area contributed by atoms with Gasteiger partial charge in [0.2, 0.25) is 11.8 Å². The molecule has 156 valence electrons. The highest BCUT2D eigenvalue weighted by atomic mass is 19.4. The number of anilines is 1. The van der Waals surface area contributed by atoms with Crippen molar-refractivity contribution in [2.24, 2.45) is 0 Å². The van der Waals surface area contributed by atoms with E-state index in [4.69, 9.17) is 0 Å². The van der Waals surface area contributed by atoms with Crippen LogP contribution >= 0.6 is 0 Å². The molecular formula is C21H18F3N3O3. The van der Waals surface area contributed by atoms with Crippen LogP contribution in [0.15, 0.2) is 65.6 Å². The van der Waals surface area contributed by atoms with Crippen LogP contribution in [-0.4, -0.2) is 22.9 Å². The number of aromatic nitrogens is 1. The summed E-state index contributed by atoms with van der Waals surface area (Å²) in [6.07, 6.45) is -2.99. The van der Waals surface area contributed by atoms with Crippen LogP contribution in [0.2, 0.25) is 0 Å². The van der Waals surface area contributed by atoms with Crippen molar-refractivity contribution in [1.29, 1.82) is 0 Å². The van der Waals surface area contributed by atoms with Gasteiger partial charge in [-0.1, -0.05) is 18.2 Å². The molecule has 1 heterocycles. The third-order valence-corrected chi connectivity index (χ3v) is 4.37. The molecule has 0 aliphatic rings. The monoisotopic (exact) mass is 417 g/mol. The highest BCUT2D eigenvalue weighted by Crippen LogP contribution is 2.29. The van der Waals surface area contributed by atoms with Gasteiger partial charge in [-0.2, -0.15) is 13.2 Å². The molecule has 0 fully saturated rings. The second-order valence-corrected chi connectivity index (χ2v) is 6.56. The van der Waals surface area contributed by atoms with Gasteiger partial charge in [0.1, 0.15) is 6.54 Å². The van der Waals surface area contributed by atoms with E-state index in [2.05, 4.69) is 10.6 Å². The number of amides is 2. The smallest absolute Gasteiger partial charge is 0.354 e. The Hall–Kier alpha value is -3.62. The SMILES string of the molecule is O=C(Cn1ccc2ccccc2c1=O)NCCC(=O)Nc1ccc(C(F)(F)F)cc1. The Labute approximate surface area is 169 Å². The molecule has 0 aliphatic carbocycles. The number of rotatable bonds is 6. The summed E-state index contributed by atoms with van der Waals surface area (Å²) < 4.78 is 38.9. The fourth-order valence-corrected chi connectivity index (χ4v) is 2.85. The second-order valence-electron chi connectivity index (χ2n) is 6.56.